The lowest BCUT2D eigenvalue weighted by Crippen LogP contribution is -1.85. The van der Waals surface area contributed by atoms with E-state index in [0.717, 1.165) is 14.8 Å². The zero-order chi connectivity index (χ0) is 9.97. The zero-order valence-electron chi connectivity index (χ0n) is 7.00. The summed E-state index contributed by atoms with van der Waals surface area (Å²) in [5, 5.41) is 0. The number of nitrogens with zero attached hydrogens (tertiary/aromatic N) is 1. The van der Waals surface area contributed by atoms with E-state index in [1.54, 1.807) is 6.20 Å². The maximum Gasteiger partial charge on any atom is 0.299 e. The molecule has 0 unspecified atom stereocenters. The van der Waals surface area contributed by atoms with Gasteiger partial charge in [0.2, 0.25) is 0 Å². The molecule has 0 spiro atoms. The molecular formula is C9H6Br2N2O. The second-order valence-electron chi connectivity index (χ2n) is 2.60. The fraction of sp³-hybridized carbons (Fsp3) is 0. The molecule has 1 aromatic heterocycles. The van der Waals surface area contributed by atoms with Crippen molar-refractivity contribution in [2.24, 2.45) is 0 Å². The van der Waals surface area contributed by atoms with Crippen LogP contribution in [0.1, 0.15) is 0 Å². The molecule has 1 N–H and O–H groups in total. The predicted molar refractivity (Wildman–Crippen MR) is 60.5 cm³/mol. The topological polar surface area (TPSA) is 37.9 Å². The second-order valence-corrected chi connectivity index (χ2v) is 4.37. The third-order valence-electron chi connectivity index (χ3n) is 1.53. The van der Waals surface area contributed by atoms with Gasteiger partial charge in [0.15, 0.2) is 0 Å². The number of aromatic amines is 1. The Morgan fingerprint density at radius 3 is 2.79 bits per heavy atom. The van der Waals surface area contributed by atoms with Crippen molar-refractivity contribution in [3.63, 3.8) is 0 Å². The van der Waals surface area contributed by atoms with Gasteiger partial charge < -0.3 is 9.72 Å². The van der Waals surface area contributed by atoms with Crippen LogP contribution in [0.5, 0.6) is 11.8 Å². The van der Waals surface area contributed by atoms with Gasteiger partial charge in [-0.2, -0.15) is 0 Å². The lowest BCUT2D eigenvalue weighted by Gasteiger charge is -2.01. The molecule has 0 amide bonds. The molecule has 0 aliphatic rings. The van der Waals surface area contributed by atoms with E-state index >= 15 is 0 Å². The van der Waals surface area contributed by atoms with Gasteiger partial charge in [0.25, 0.3) is 6.01 Å². The van der Waals surface area contributed by atoms with E-state index in [9.17, 15) is 0 Å². The van der Waals surface area contributed by atoms with Crippen molar-refractivity contribution in [3.05, 3.63) is 39.5 Å². The van der Waals surface area contributed by atoms with Crippen molar-refractivity contribution < 1.29 is 4.74 Å². The smallest absolute Gasteiger partial charge is 0.299 e. The number of hydrogen-bond donors (Lipinski definition) is 1. The molecule has 2 rings (SSSR count). The molecule has 5 heteroatoms. The minimum Gasteiger partial charge on any atom is -0.426 e. The van der Waals surface area contributed by atoms with Crippen LogP contribution in [0.3, 0.4) is 0 Å². The Labute approximate surface area is 97.8 Å². The van der Waals surface area contributed by atoms with Gasteiger partial charge in [-0.25, -0.2) is 4.98 Å². The highest BCUT2D eigenvalue weighted by Gasteiger charge is 2.00. The van der Waals surface area contributed by atoms with Gasteiger partial charge in [-0.3, -0.25) is 0 Å². The average molecular weight is 318 g/mol. The van der Waals surface area contributed by atoms with Gasteiger partial charge >= 0.3 is 0 Å². The first kappa shape index (κ1) is 9.73. The third kappa shape index (κ3) is 2.36. The summed E-state index contributed by atoms with van der Waals surface area (Å²) < 4.78 is 7.22. The van der Waals surface area contributed by atoms with Crippen LogP contribution >= 0.6 is 31.9 Å². The first-order valence-electron chi connectivity index (χ1n) is 3.88. The summed E-state index contributed by atoms with van der Waals surface area (Å²) in [4.78, 5) is 6.91. The van der Waals surface area contributed by atoms with E-state index in [1.807, 2.05) is 24.3 Å². The summed E-state index contributed by atoms with van der Waals surface area (Å²) >= 11 is 6.61. The van der Waals surface area contributed by atoms with Gasteiger partial charge in [-0.1, -0.05) is 22.0 Å². The third-order valence-corrected chi connectivity index (χ3v) is 2.43. The Kier molecular flexibility index (Phi) is 2.88. The van der Waals surface area contributed by atoms with Crippen LogP contribution in [0.25, 0.3) is 0 Å². The molecule has 0 radical (unpaired) electrons. The maximum absolute atomic E-state index is 5.45. The molecule has 0 bridgehead atoms. The van der Waals surface area contributed by atoms with Crippen molar-refractivity contribution >= 4 is 31.9 Å². The summed E-state index contributed by atoms with van der Waals surface area (Å²) in [7, 11) is 0. The quantitative estimate of drug-likeness (QED) is 0.916. The number of halogens is 2. The van der Waals surface area contributed by atoms with Gasteiger partial charge in [0.05, 0.1) is 6.20 Å². The molecule has 3 nitrogen and oxygen atoms in total. The van der Waals surface area contributed by atoms with E-state index in [0.29, 0.717) is 6.01 Å². The van der Waals surface area contributed by atoms with Crippen LogP contribution in [0, 0.1) is 0 Å². The number of rotatable bonds is 2. The summed E-state index contributed by atoms with van der Waals surface area (Å²) in [6.45, 7) is 0. The van der Waals surface area contributed by atoms with Crippen molar-refractivity contribution in [2.45, 2.75) is 0 Å². The Balaban J connectivity index is 2.18. The molecule has 2 aromatic rings. The van der Waals surface area contributed by atoms with Gasteiger partial charge in [-0.15, -0.1) is 0 Å². The van der Waals surface area contributed by atoms with E-state index in [4.69, 9.17) is 4.74 Å². The van der Waals surface area contributed by atoms with Gasteiger partial charge in [0.1, 0.15) is 10.4 Å². The fourth-order valence-corrected chi connectivity index (χ4v) is 1.63. The Morgan fingerprint density at radius 2 is 2.14 bits per heavy atom. The number of imidazole rings is 1. The molecular weight excluding hydrogens is 312 g/mol. The summed E-state index contributed by atoms with van der Waals surface area (Å²) in [6.07, 6.45) is 1.65. The second kappa shape index (κ2) is 4.14. The molecule has 14 heavy (non-hydrogen) atoms. The largest absolute Gasteiger partial charge is 0.426 e. The van der Waals surface area contributed by atoms with Gasteiger partial charge in [0, 0.05) is 4.47 Å². The number of aromatic nitrogens is 2. The van der Waals surface area contributed by atoms with E-state index in [1.165, 1.54) is 0 Å². The number of benzene rings is 1. The van der Waals surface area contributed by atoms with Gasteiger partial charge in [-0.05, 0) is 34.1 Å². The van der Waals surface area contributed by atoms with Crippen LogP contribution in [0.15, 0.2) is 39.5 Å². The Bertz CT molecular complexity index is 442. The van der Waals surface area contributed by atoms with Crippen molar-refractivity contribution in [1.29, 1.82) is 0 Å². The number of H-pyrrole nitrogens is 1. The zero-order valence-corrected chi connectivity index (χ0v) is 10.2. The van der Waals surface area contributed by atoms with E-state index in [2.05, 4.69) is 41.8 Å². The predicted octanol–water partition coefficient (Wildman–Crippen LogP) is 3.73. The fourth-order valence-electron chi connectivity index (χ4n) is 0.976. The van der Waals surface area contributed by atoms with E-state index < -0.39 is 0 Å². The SMILES string of the molecule is Brc1cccc(Oc2ncc(Br)[nH]2)c1. The minimum atomic E-state index is 0.468. The normalized spacial score (nSPS) is 10.1. The first-order chi connectivity index (χ1) is 6.74. The van der Waals surface area contributed by atoms with Crippen LogP contribution in [0.4, 0.5) is 0 Å². The summed E-state index contributed by atoms with van der Waals surface area (Å²) in [6, 6.07) is 8.04. The molecule has 1 heterocycles. The Morgan fingerprint density at radius 1 is 1.29 bits per heavy atom. The summed E-state index contributed by atoms with van der Waals surface area (Å²) in [5.74, 6) is 0.737. The number of hydrogen-bond acceptors (Lipinski definition) is 2. The van der Waals surface area contributed by atoms with Crippen LogP contribution in [-0.4, -0.2) is 9.97 Å². The maximum atomic E-state index is 5.45. The number of ether oxygens (including phenoxy) is 1. The first-order valence-corrected chi connectivity index (χ1v) is 5.46. The monoisotopic (exact) mass is 316 g/mol. The van der Waals surface area contributed by atoms with Crippen LogP contribution < -0.4 is 4.74 Å². The minimum absolute atomic E-state index is 0.468. The molecule has 0 fully saturated rings. The lowest BCUT2D eigenvalue weighted by molar-refractivity contribution is 0.447. The van der Waals surface area contributed by atoms with Crippen molar-refractivity contribution in [2.75, 3.05) is 0 Å². The highest BCUT2D eigenvalue weighted by Crippen LogP contribution is 2.22. The number of nitrogens with one attached hydrogen (secondary N) is 1. The van der Waals surface area contributed by atoms with Crippen molar-refractivity contribution in [3.8, 4) is 11.8 Å². The Hall–Kier alpha value is -0.810. The van der Waals surface area contributed by atoms with Crippen LogP contribution in [0.2, 0.25) is 0 Å². The highest BCUT2D eigenvalue weighted by atomic mass is 79.9. The molecule has 0 atom stereocenters. The lowest BCUT2D eigenvalue weighted by atomic mass is 10.3. The molecule has 0 saturated heterocycles. The molecule has 0 aliphatic carbocycles. The highest BCUT2D eigenvalue weighted by molar-refractivity contribution is 9.10. The molecule has 0 aliphatic heterocycles. The average Bonchev–Trinajstić information content (AvgIpc) is 2.51. The molecule has 72 valence electrons. The van der Waals surface area contributed by atoms with E-state index in [-0.39, 0.29) is 0 Å². The standard InChI is InChI=1S/C9H6Br2N2O/c10-6-2-1-3-7(4-6)14-9-12-5-8(11)13-9/h1-5H,(H,12,13). The summed E-state index contributed by atoms with van der Waals surface area (Å²) in [5.41, 5.74) is 0. The molecule has 1 aromatic carbocycles. The van der Waals surface area contributed by atoms with Crippen molar-refractivity contribution in [1.82, 2.24) is 9.97 Å². The van der Waals surface area contributed by atoms with Crippen LogP contribution in [-0.2, 0) is 0 Å². The molecule has 0 saturated carbocycles.